The number of rotatable bonds is 3. The number of ether oxygens (including phenoxy) is 1. The second kappa shape index (κ2) is 5.29. The van der Waals surface area contributed by atoms with Crippen LogP contribution in [0.15, 0.2) is 12.1 Å². The molecule has 0 radical (unpaired) electrons. The van der Waals surface area contributed by atoms with Crippen molar-refractivity contribution < 1.29 is 9.53 Å². The van der Waals surface area contributed by atoms with Crippen molar-refractivity contribution in [2.45, 2.75) is 19.9 Å². The molecule has 0 aliphatic rings. The molecule has 0 unspecified atom stereocenters. The minimum Gasteiger partial charge on any atom is -0.465 e. The van der Waals surface area contributed by atoms with Crippen LogP contribution in [0.5, 0.6) is 0 Å². The molecule has 84 valence electrons. The number of hydrogen-bond acceptors (Lipinski definition) is 4. The lowest BCUT2D eigenvalue weighted by molar-refractivity contribution is 0.0598. The van der Waals surface area contributed by atoms with Crippen molar-refractivity contribution in [2.24, 2.45) is 5.73 Å². The van der Waals surface area contributed by atoms with Gasteiger partial charge >= 0.3 is 5.97 Å². The number of nitriles is 1. The Balaban J connectivity index is 3.50. The monoisotopic (exact) mass is 218 g/mol. The quantitative estimate of drug-likeness (QED) is 0.777. The average molecular weight is 218 g/mol. The van der Waals surface area contributed by atoms with Crippen molar-refractivity contribution in [1.29, 1.82) is 5.26 Å². The zero-order valence-corrected chi connectivity index (χ0v) is 9.41. The third-order valence-electron chi connectivity index (χ3n) is 2.48. The van der Waals surface area contributed by atoms with E-state index in [1.54, 1.807) is 12.1 Å². The van der Waals surface area contributed by atoms with E-state index in [1.165, 1.54) is 7.11 Å². The normalized spacial score (nSPS) is 9.62. The van der Waals surface area contributed by atoms with Crippen molar-refractivity contribution >= 4 is 5.97 Å². The van der Waals surface area contributed by atoms with Gasteiger partial charge in [0.05, 0.1) is 24.3 Å². The highest BCUT2D eigenvalue weighted by Gasteiger charge is 2.18. The number of carbonyl (C=O) groups excluding carboxylic acids is 1. The van der Waals surface area contributed by atoms with Crippen LogP contribution in [0.3, 0.4) is 0 Å². The van der Waals surface area contributed by atoms with Gasteiger partial charge in [0.25, 0.3) is 0 Å². The highest BCUT2D eigenvalue weighted by atomic mass is 16.5. The fourth-order valence-electron chi connectivity index (χ4n) is 1.69. The van der Waals surface area contributed by atoms with Crippen LogP contribution in [-0.4, -0.2) is 13.1 Å². The topological polar surface area (TPSA) is 76.1 Å². The summed E-state index contributed by atoms with van der Waals surface area (Å²) in [5.74, 6) is -0.436. The molecule has 0 bridgehead atoms. The molecule has 16 heavy (non-hydrogen) atoms. The number of nitrogens with two attached hydrogens (primary N) is 1. The number of nitrogens with zero attached hydrogens (tertiary/aromatic N) is 1. The summed E-state index contributed by atoms with van der Waals surface area (Å²) < 4.78 is 4.72. The Morgan fingerprint density at radius 1 is 1.56 bits per heavy atom. The molecular weight excluding hydrogens is 204 g/mol. The third-order valence-corrected chi connectivity index (χ3v) is 2.48. The minimum atomic E-state index is -0.436. The van der Waals surface area contributed by atoms with Gasteiger partial charge in [-0.3, -0.25) is 0 Å². The molecule has 4 nitrogen and oxygen atoms in total. The van der Waals surface area contributed by atoms with E-state index in [1.807, 2.05) is 6.92 Å². The van der Waals surface area contributed by atoms with Gasteiger partial charge in [0.15, 0.2) is 0 Å². The molecule has 1 aromatic rings. The zero-order valence-electron chi connectivity index (χ0n) is 9.41. The second-order valence-electron chi connectivity index (χ2n) is 3.29. The maximum atomic E-state index is 11.7. The van der Waals surface area contributed by atoms with Crippen LogP contribution in [0.25, 0.3) is 0 Å². The lowest BCUT2D eigenvalue weighted by atomic mass is 9.94. The summed E-state index contributed by atoms with van der Waals surface area (Å²) in [6.07, 6.45) is 0.598. The molecule has 0 spiro atoms. The Morgan fingerprint density at radius 2 is 2.25 bits per heavy atom. The molecule has 0 saturated heterocycles. The van der Waals surface area contributed by atoms with E-state index in [0.717, 1.165) is 0 Å². The molecule has 0 atom stereocenters. The lowest BCUT2D eigenvalue weighted by Gasteiger charge is -2.12. The van der Waals surface area contributed by atoms with Gasteiger partial charge in [-0.2, -0.15) is 5.26 Å². The number of carbonyl (C=O) groups is 1. The van der Waals surface area contributed by atoms with E-state index >= 15 is 0 Å². The van der Waals surface area contributed by atoms with Crippen LogP contribution in [0, 0.1) is 11.3 Å². The van der Waals surface area contributed by atoms with Crippen LogP contribution in [0.4, 0.5) is 0 Å². The molecule has 0 aromatic heterocycles. The van der Waals surface area contributed by atoms with Gasteiger partial charge in [0.2, 0.25) is 0 Å². The largest absolute Gasteiger partial charge is 0.465 e. The predicted octanol–water partition coefficient (Wildman–Crippen LogP) is 1.37. The van der Waals surface area contributed by atoms with Crippen LogP contribution >= 0.6 is 0 Å². The molecule has 0 amide bonds. The fourth-order valence-corrected chi connectivity index (χ4v) is 1.69. The SMILES string of the molecule is CCc1c(C#N)ccc(CN)c1C(=O)OC. The highest BCUT2D eigenvalue weighted by Crippen LogP contribution is 2.20. The molecule has 0 saturated carbocycles. The van der Waals surface area contributed by atoms with E-state index in [2.05, 4.69) is 6.07 Å². The summed E-state index contributed by atoms with van der Waals surface area (Å²) in [7, 11) is 1.32. The van der Waals surface area contributed by atoms with E-state index in [9.17, 15) is 4.79 Å². The number of hydrogen-bond donors (Lipinski definition) is 1. The first-order valence-electron chi connectivity index (χ1n) is 5.02. The van der Waals surface area contributed by atoms with Gasteiger partial charge in [0, 0.05) is 6.54 Å². The molecule has 0 aliphatic carbocycles. The summed E-state index contributed by atoms with van der Waals surface area (Å²) in [4.78, 5) is 11.7. The third kappa shape index (κ3) is 2.05. The van der Waals surface area contributed by atoms with Gasteiger partial charge in [-0.25, -0.2) is 4.79 Å². The number of esters is 1. The first kappa shape index (κ1) is 12.2. The van der Waals surface area contributed by atoms with E-state index < -0.39 is 5.97 Å². The summed E-state index contributed by atoms with van der Waals surface area (Å²) in [5.41, 5.74) is 7.92. The molecule has 2 N–H and O–H groups in total. The number of methoxy groups -OCH3 is 1. The summed E-state index contributed by atoms with van der Waals surface area (Å²) in [6.45, 7) is 2.14. The van der Waals surface area contributed by atoms with E-state index in [-0.39, 0.29) is 6.54 Å². The van der Waals surface area contributed by atoms with Crippen LogP contribution in [0.1, 0.15) is 34.0 Å². The summed E-state index contributed by atoms with van der Waals surface area (Å²) >= 11 is 0. The second-order valence-corrected chi connectivity index (χ2v) is 3.29. The summed E-state index contributed by atoms with van der Waals surface area (Å²) in [6, 6.07) is 5.45. The van der Waals surface area contributed by atoms with Gasteiger partial charge < -0.3 is 10.5 Å². The van der Waals surface area contributed by atoms with Gasteiger partial charge in [-0.15, -0.1) is 0 Å². The molecule has 4 heteroatoms. The maximum Gasteiger partial charge on any atom is 0.338 e. The predicted molar refractivity (Wildman–Crippen MR) is 59.8 cm³/mol. The Labute approximate surface area is 94.6 Å². The Morgan fingerprint density at radius 3 is 2.69 bits per heavy atom. The minimum absolute atomic E-state index is 0.253. The Hall–Kier alpha value is -1.86. The first-order valence-corrected chi connectivity index (χ1v) is 5.02. The smallest absolute Gasteiger partial charge is 0.338 e. The molecule has 0 fully saturated rings. The van der Waals surface area contributed by atoms with E-state index in [4.69, 9.17) is 15.7 Å². The zero-order chi connectivity index (χ0) is 12.1. The molecular formula is C12H14N2O2. The lowest BCUT2D eigenvalue weighted by Crippen LogP contribution is -2.13. The standard InChI is InChI=1S/C12H14N2O2/c1-3-10-8(6-13)4-5-9(7-14)11(10)12(15)16-2/h4-5H,3,7,14H2,1-2H3. The van der Waals surface area contributed by atoms with Crippen molar-refractivity contribution in [1.82, 2.24) is 0 Å². The molecule has 1 rings (SSSR count). The fraction of sp³-hybridized carbons (Fsp3) is 0.333. The van der Waals surface area contributed by atoms with Crippen molar-refractivity contribution in [2.75, 3.05) is 7.11 Å². The number of benzene rings is 1. The van der Waals surface area contributed by atoms with Gasteiger partial charge in [-0.05, 0) is 23.6 Å². The van der Waals surface area contributed by atoms with Crippen LogP contribution < -0.4 is 5.73 Å². The highest BCUT2D eigenvalue weighted by molar-refractivity contribution is 5.93. The first-order chi connectivity index (χ1) is 7.69. The average Bonchev–Trinajstić information content (AvgIpc) is 2.35. The molecule has 0 heterocycles. The Bertz CT molecular complexity index is 447. The van der Waals surface area contributed by atoms with Crippen molar-refractivity contribution in [3.8, 4) is 6.07 Å². The van der Waals surface area contributed by atoms with Crippen LogP contribution in [-0.2, 0) is 17.7 Å². The van der Waals surface area contributed by atoms with Crippen molar-refractivity contribution in [3.63, 3.8) is 0 Å². The molecule has 1 aromatic carbocycles. The van der Waals surface area contributed by atoms with Crippen molar-refractivity contribution in [3.05, 3.63) is 34.4 Å². The maximum absolute atomic E-state index is 11.7. The summed E-state index contributed by atoms with van der Waals surface area (Å²) in [5, 5.41) is 8.96. The van der Waals surface area contributed by atoms with Crippen LogP contribution in [0.2, 0.25) is 0 Å². The molecule has 0 aliphatic heterocycles. The Kier molecular flexibility index (Phi) is 4.03. The van der Waals surface area contributed by atoms with Gasteiger partial charge in [0.1, 0.15) is 0 Å². The van der Waals surface area contributed by atoms with Gasteiger partial charge in [-0.1, -0.05) is 13.0 Å². The van der Waals surface area contributed by atoms with E-state index in [0.29, 0.717) is 28.7 Å².